The highest BCUT2D eigenvalue weighted by molar-refractivity contribution is 7.17. The molecule has 0 atom stereocenters. The summed E-state index contributed by atoms with van der Waals surface area (Å²) in [5.74, 6) is -0.275. The minimum absolute atomic E-state index is 0.118. The van der Waals surface area contributed by atoms with Crippen molar-refractivity contribution in [3.8, 4) is 0 Å². The Hall–Kier alpha value is -3.00. The maximum absolute atomic E-state index is 13.2. The number of aromatic nitrogens is 2. The molecule has 0 aliphatic rings. The molecule has 0 bridgehead atoms. The molecule has 2 aromatic heterocycles. The lowest BCUT2D eigenvalue weighted by Crippen LogP contribution is -2.25. The van der Waals surface area contributed by atoms with Gasteiger partial charge in [0.05, 0.1) is 24.5 Å². The van der Waals surface area contributed by atoms with Crippen LogP contribution in [0.3, 0.4) is 0 Å². The predicted octanol–water partition coefficient (Wildman–Crippen LogP) is 3.48. The van der Waals surface area contributed by atoms with Crippen molar-refractivity contribution in [3.63, 3.8) is 0 Å². The molecule has 6 nitrogen and oxygen atoms in total. The smallest absolute Gasteiger partial charge is 0.259 e. The Morgan fingerprint density at radius 1 is 1.36 bits per heavy atom. The Balaban J connectivity index is 1.89. The summed E-state index contributed by atoms with van der Waals surface area (Å²) in [5.41, 5.74) is 2.31. The van der Waals surface area contributed by atoms with Crippen LogP contribution in [0, 0.1) is 18.2 Å². The van der Waals surface area contributed by atoms with Gasteiger partial charge in [-0.25, -0.2) is 9.37 Å². The lowest BCUT2D eigenvalue weighted by Gasteiger charge is -2.22. The van der Waals surface area contributed by atoms with E-state index in [4.69, 9.17) is 5.41 Å². The molecule has 0 amide bonds. The Kier molecular flexibility index (Phi) is 6.20. The summed E-state index contributed by atoms with van der Waals surface area (Å²) in [6, 6.07) is 7.87. The molecule has 0 radical (unpaired) electrons. The van der Waals surface area contributed by atoms with E-state index in [2.05, 4.69) is 10.3 Å². The van der Waals surface area contributed by atoms with Crippen LogP contribution < -0.4 is 15.8 Å². The maximum atomic E-state index is 13.2. The molecule has 1 aromatic carbocycles. The zero-order valence-corrected chi connectivity index (χ0v) is 16.6. The molecular formula is C20H22FN5OS. The monoisotopic (exact) mass is 399 g/mol. The van der Waals surface area contributed by atoms with Gasteiger partial charge in [0.1, 0.15) is 5.82 Å². The van der Waals surface area contributed by atoms with E-state index in [9.17, 15) is 9.18 Å². The Bertz CT molecular complexity index is 1050. The molecule has 0 spiro atoms. The highest BCUT2D eigenvalue weighted by atomic mass is 32.1. The third-order valence-electron chi connectivity index (χ3n) is 4.37. The lowest BCUT2D eigenvalue weighted by atomic mass is 10.2. The van der Waals surface area contributed by atoms with Crippen LogP contribution in [0.5, 0.6) is 0 Å². The quantitative estimate of drug-likeness (QED) is 0.569. The number of rotatable bonds is 8. The molecule has 0 fully saturated rings. The van der Waals surface area contributed by atoms with Crippen LogP contribution >= 0.6 is 11.3 Å². The molecular weight excluding hydrogens is 377 g/mol. The first kappa shape index (κ1) is 19.8. The second-order valence-corrected chi connectivity index (χ2v) is 7.39. The van der Waals surface area contributed by atoms with Gasteiger partial charge in [-0.2, -0.15) is 0 Å². The number of fused-ring (bicyclic) bond motifs is 1. The van der Waals surface area contributed by atoms with Crippen molar-refractivity contribution < 1.29 is 4.39 Å². The van der Waals surface area contributed by atoms with Gasteiger partial charge in [-0.05, 0) is 50.4 Å². The van der Waals surface area contributed by atoms with E-state index in [0.717, 1.165) is 16.3 Å². The van der Waals surface area contributed by atoms with E-state index < -0.39 is 0 Å². The van der Waals surface area contributed by atoms with Gasteiger partial charge in [-0.1, -0.05) is 0 Å². The lowest BCUT2D eigenvalue weighted by molar-refractivity contribution is 0.627. The number of thiazole rings is 1. The predicted molar refractivity (Wildman–Crippen MR) is 112 cm³/mol. The molecule has 2 N–H and O–H groups in total. The summed E-state index contributed by atoms with van der Waals surface area (Å²) in [7, 11) is 0. The van der Waals surface area contributed by atoms with Crippen molar-refractivity contribution in [2.24, 2.45) is 0 Å². The summed E-state index contributed by atoms with van der Waals surface area (Å²) in [5, 5.41) is 10.1. The largest absolute Gasteiger partial charge is 0.385 e. The van der Waals surface area contributed by atoms with Gasteiger partial charge < -0.3 is 15.6 Å². The summed E-state index contributed by atoms with van der Waals surface area (Å²) in [6.07, 6.45) is 4.44. The van der Waals surface area contributed by atoms with Crippen molar-refractivity contribution in [2.75, 3.05) is 11.4 Å². The number of hydrogen-bond donors (Lipinski definition) is 2. The van der Waals surface area contributed by atoms with E-state index in [-0.39, 0.29) is 11.4 Å². The zero-order chi connectivity index (χ0) is 20.1. The normalized spacial score (nSPS) is 11.2. The molecule has 0 unspecified atom stereocenters. The molecule has 3 aromatic rings. The van der Waals surface area contributed by atoms with Crippen molar-refractivity contribution in [3.05, 3.63) is 75.0 Å². The fraction of sp³-hybridized carbons (Fsp3) is 0.250. The SMILES string of the molecule is CCN(Cc1cc(=O)n2c(CN/C=C\C=N)c(C)sc2n1)c1ccc(F)cc1. The second kappa shape index (κ2) is 8.79. The number of halogens is 1. The van der Waals surface area contributed by atoms with Crippen LogP contribution in [0.4, 0.5) is 10.1 Å². The van der Waals surface area contributed by atoms with E-state index in [1.54, 1.807) is 34.9 Å². The van der Waals surface area contributed by atoms with E-state index in [1.165, 1.54) is 29.7 Å². The Labute approximate surface area is 166 Å². The average molecular weight is 399 g/mol. The van der Waals surface area contributed by atoms with Crippen molar-refractivity contribution in [2.45, 2.75) is 26.9 Å². The van der Waals surface area contributed by atoms with Crippen LogP contribution in [-0.4, -0.2) is 22.1 Å². The van der Waals surface area contributed by atoms with Crippen molar-refractivity contribution >= 4 is 28.2 Å². The van der Waals surface area contributed by atoms with Gasteiger partial charge in [0.15, 0.2) is 4.96 Å². The van der Waals surface area contributed by atoms with E-state index in [0.29, 0.717) is 30.3 Å². The molecule has 146 valence electrons. The molecule has 0 aliphatic heterocycles. The van der Waals surface area contributed by atoms with Crippen molar-refractivity contribution in [1.29, 1.82) is 5.41 Å². The molecule has 3 rings (SSSR count). The summed E-state index contributed by atoms with van der Waals surface area (Å²) in [6.45, 7) is 5.64. The first-order valence-electron chi connectivity index (χ1n) is 8.94. The third kappa shape index (κ3) is 4.28. The third-order valence-corrected chi connectivity index (χ3v) is 5.37. The fourth-order valence-corrected chi connectivity index (χ4v) is 3.98. The summed E-state index contributed by atoms with van der Waals surface area (Å²) < 4.78 is 14.8. The van der Waals surface area contributed by atoms with Gasteiger partial charge in [0.2, 0.25) is 0 Å². The first-order chi connectivity index (χ1) is 13.5. The van der Waals surface area contributed by atoms with Crippen LogP contribution in [0.2, 0.25) is 0 Å². The Morgan fingerprint density at radius 2 is 2.11 bits per heavy atom. The number of nitrogens with one attached hydrogen (secondary N) is 2. The molecule has 0 saturated heterocycles. The highest BCUT2D eigenvalue weighted by Gasteiger charge is 2.14. The second-order valence-electron chi connectivity index (χ2n) is 6.21. The number of benzene rings is 1. The van der Waals surface area contributed by atoms with Gasteiger partial charge in [0, 0.05) is 29.4 Å². The van der Waals surface area contributed by atoms with Gasteiger partial charge in [0.25, 0.3) is 5.56 Å². The minimum atomic E-state index is -0.275. The van der Waals surface area contributed by atoms with Gasteiger partial charge in [-0.15, -0.1) is 11.3 Å². The van der Waals surface area contributed by atoms with Crippen molar-refractivity contribution in [1.82, 2.24) is 14.7 Å². The standard InChI is InChI=1S/C20H22FN5OS/c1-3-25(17-7-5-15(21)6-8-17)13-16-11-19(27)26-18(12-23-10-4-9-22)14(2)28-20(26)24-16/h4-11,22-23H,3,12-13H2,1-2H3/b10-4-,22-9?. The zero-order valence-electron chi connectivity index (χ0n) is 15.8. The molecule has 0 aliphatic carbocycles. The molecule has 0 saturated carbocycles. The topological polar surface area (TPSA) is 73.5 Å². The number of allylic oxidation sites excluding steroid dienone is 1. The number of aryl methyl sites for hydroxylation is 1. The van der Waals surface area contributed by atoms with Crippen LogP contribution in [0.25, 0.3) is 4.96 Å². The summed E-state index contributed by atoms with van der Waals surface area (Å²) >= 11 is 1.48. The van der Waals surface area contributed by atoms with Gasteiger partial charge >= 0.3 is 0 Å². The van der Waals surface area contributed by atoms with Gasteiger partial charge in [-0.3, -0.25) is 9.20 Å². The van der Waals surface area contributed by atoms with E-state index >= 15 is 0 Å². The number of nitrogens with zero attached hydrogens (tertiary/aromatic N) is 3. The average Bonchev–Trinajstić information content (AvgIpc) is 2.99. The van der Waals surface area contributed by atoms with Crippen LogP contribution in [0.15, 0.2) is 47.4 Å². The molecule has 28 heavy (non-hydrogen) atoms. The minimum Gasteiger partial charge on any atom is -0.385 e. The Morgan fingerprint density at radius 3 is 2.79 bits per heavy atom. The molecule has 2 heterocycles. The molecule has 8 heteroatoms. The maximum Gasteiger partial charge on any atom is 0.259 e. The summed E-state index contributed by atoms with van der Waals surface area (Å²) in [4.78, 5) is 21.1. The first-order valence-corrected chi connectivity index (χ1v) is 9.75. The van der Waals surface area contributed by atoms with Crippen LogP contribution in [-0.2, 0) is 13.1 Å². The number of hydrogen-bond acceptors (Lipinski definition) is 6. The number of anilines is 1. The highest BCUT2D eigenvalue weighted by Crippen LogP contribution is 2.21. The van der Waals surface area contributed by atoms with E-state index in [1.807, 2.05) is 18.7 Å². The fourth-order valence-electron chi connectivity index (χ4n) is 2.97. The van der Waals surface area contributed by atoms with Crippen LogP contribution in [0.1, 0.15) is 23.2 Å².